The number of rotatable bonds is 1. The zero-order valence-corrected chi connectivity index (χ0v) is 6.92. The molecule has 0 aliphatic carbocycles. The van der Waals surface area contributed by atoms with Crippen molar-refractivity contribution in [1.29, 1.82) is 0 Å². The number of hydrogen-bond donors (Lipinski definition) is 0. The Bertz CT molecular complexity index is 262. The second kappa shape index (κ2) is 2.88. The highest BCUT2D eigenvalue weighted by molar-refractivity contribution is 9.10. The van der Waals surface area contributed by atoms with Crippen molar-refractivity contribution >= 4 is 22.2 Å². The van der Waals surface area contributed by atoms with Gasteiger partial charge < -0.3 is 0 Å². The fourth-order valence-corrected chi connectivity index (χ4v) is 0.857. The van der Waals surface area contributed by atoms with Crippen LogP contribution in [0.15, 0.2) is 10.8 Å². The molecule has 1 rings (SSSR count). The molecule has 0 amide bonds. The number of aromatic nitrogens is 2. The maximum atomic E-state index is 10.3. The summed E-state index contributed by atoms with van der Waals surface area (Å²) in [5.74, 6) is 0. The maximum Gasteiger partial charge on any atom is 0.169 e. The van der Waals surface area contributed by atoms with Crippen LogP contribution in [-0.4, -0.2) is 16.3 Å². The van der Waals surface area contributed by atoms with E-state index < -0.39 is 0 Å². The predicted molar refractivity (Wildman–Crippen MR) is 39.9 cm³/mol. The van der Waals surface area contributed by atoms with Gasteiger partial charge in [-0.1, -0.05) is 0 Å². The van der Waals surface area contributed by atoms with Gasteiger partial charge >= 0.3 is 0 Å². The first-order valence-electron chi connectivity index (χ1n) is 2.68. The van der Waals surface area contributed by atoms with Crippen LogP contribution in [-0.2, 0) is 0 Å². The van der Waals surface area contributed by atoms with E-state index in [9.17, 15) is 4.79 Å². The van der Waals surface area contributed by atoms with Crippen molar-refractivity contribution < 1.29 is 4.79 Å². The van der Waals surface area contributed by atoms with Gasteiger partial charge in [-0.2, -0.15) is 0 Å². The third-order valence-corrected chi connectivity index (χ3v) is 2.08. The number of carbonyl (C=O) groups is 1. The first-order chi connectivity index (χ1) is 4.75. The van der Waals surface area contributed by atoms with E-state index in [0.29, 0.717) is 16.5 Å². The first kappa shape index (κ1) is 7.34. The molecule has 4 heteroatoms. The Morgan fingerprint density at radius 1 is 1.60 bits per heavy atom. The molecule has 0 radical (unpaired) electrons. The maximum absolute atomic E-state index is 10.3. The molecule has 0 spiro atoms. The largest absolute Gasteiger partial charge is 0.296 e. The van der Waals surface area contributed by atoms with Crippen LogP contribution in [0.4, 0.5) is 0 Å². The van der Waals surface area contributed by atoms with Crippen molar-refractivity contribution in [3.05, 3.63) is 22.2 Å². The third kappa shape index (κ3) is 1.21. The number of nitrogens with zero attached hydrogens (tertiary/aromatic N) is 2. The summed E-state index contributed by atoms with van der Waals surface area (Å²) in [7, 11) is 0. The van der Waals surface area contributed by atoms with Crippen LogP contribution in [0.25, 0.3) is 0 Å². The molecule has 0 aromatic carbocycles. The van der Waals surface area contributed by atoms with Crippen molar-refractivity contribution in [2.75, 3.05) is 0 Å². The number of aldehydes is 1. The van der Waals surface area contributed by atoms with Gasteiger partial charge in [0.2, 0.25) is 0 Å². The Balaban J connectivity index is 3.27. The molecule has 0 aliphatic rings. The monoisotopic (exact) mass is 200 g/mol. The molecule has 52 valence electrons. The molecule has 1 heterocycles. The lowest BCUT2D eigenvalue weighted by Crippen LogP contribution is -1.93. The van der Waals surface area contributed by atoms with E-state index in [1.165, 1.54) is 6.33 Å². The van der Waals surface area contributed by atoms with Gasteiger partial charge in [0, 0.05) is 0 Å². The summed E-state index contributed by atoms with van der Waals surface area (Å²) in [6.07, 6.45) is 2.06. The van der Waals surface area contributed by atoms with Crippen molar-refractivity contribution in [1.82, 2.24) is 9.97 Å². The normalized spacial score (nSPS) is 9.40. The highest BCUT2D eigenvalue weighted by atomic mass is 79.9. The molecular weight excluding hydrogens is 196 g/mol. The van der Waals surface area contributed by atoms with E-state index in [4.69, 9.17) is 0 Å². The zero-order chi connectivity index (χ0) is 7.56. The molecule has 1 aromatic rings. The van der Waals surface area contributed by atoms with Gasteiger partial charge in [0.15, 0.2) is 6.29 Å². The van der Waals surface area contributed by atoms with Crippen LogP contribution >= 0.6 is 15.9 Å². The number of aryl methyl sites for hydroxylation is 1. The van der Waals surface area contributed by atoms with Gasteiger partial charge in [-0.25, -0.2) is 9.97 Å². The average Bonchev–Trinajstić information content (AvgIpc) is 1.95. The molecule has 1 aromatic heterocycles. The molecule has 0 saturated heterocycles. The average molecular weight is 201 g/mol. The van der Waals surface area contributed by atoms with E-state index in [-0.39, 0.29) is 0 Å². The van der Waals surface area contributed by atoms with Gasteiger partial charge in [-0.15, -0.1) is 0 Å². The summed E-state index contributed by atoms with van der Waals surface area (Å²) < 4.78 is 0.671. The highest BCUT2D eigenvalue weighted by Gasteiger charge is 2.01. The van der Waals surface area contributed by atoms with Crippen molar-refractivity contribution in [2.24, 2.45) is 0 Å². The Kier molecular flexibility index (Phi) is 2.11. The summed E-state index contributed by atoms with van der Waals surface area (Å²) in [4.78, 5) is 17.9. The lowest BCUT2D eigenvalue weighted by atomic mass is 10.4. The Morgan fingerprint density at radius 2 is 2.30 bits per heavy atom. The Labute approximate surface area is 66.6 Å². The van der Waals surface area contributed by atoms with E-state index >= 15 is 0 Å². The van der Waals surface area contributed by atoms with E-state index in [1.807, 2.05) is 0 Å². The molecule has 0 saturated carbocycles. The van der Waals surface area contributed by atoms with Crippen LogP contribution in [0.5, 0.6) is 0 Å². The predicted octanol–water partition coefficient (Wildman–Crippen LogP) is 1.36. The lowest BCUT2D eigenvalue weighted by molar-refractivity contribution is 0.111. The molecule has 3 nitrogen and oxygen atoms in total. The smallest absolute Gasteiger partial charge is 0.169 e. The molecule has 0 atom stereocenters. The van der Waals surface area contributed by atoms with Gasteiger partial charge in [0.05, 0.1) is 10.2 Å². The molecule has 0 N–H and O–H groups in total. The third-order valence-electron chi connectivity index (χ3n) is 1.10. The van der Waals surface area contributed by atoms with E-state index in [1.54, 1.807) is 6.92 Å². The molecule has 0 unspecified atom stereocenters. The highest BCUT2D eigenvalue weighted by Crippen LogP contribution is 2.14. The van der Waals surface area contributed by atoms with Gasteiger partial charge in [-0.05, 0) is 22.9 Å². The molecule has 0 fully saturated rings. The standard InChI is InChI=1S/C6H5BrN2O/c1-4-6(7)5(2-10)9-3-8-4/h2-3H,1H3. The van der Waals surface area contributed by atoms with Crippen LogP contribution in [0.2, 0.25) is 0 Å². The van der Waals surface area contributed by atoms with E-state index in [2.05, 4.69) is 25.9 Å². The van der Waals surface area contributed by atoms with Crippen molar-refractivity contribution in [3.8, 4) is 0 Å². The topological polar surface area (TPSA) is 42.9 Å². The fraction of sp³-hybridized carbons (Fsp3) is 0.167. The van der Waals surface area contributed by atoms with Crippen LogP contribution < -0.4 is 0 Å². The second-order valence-electron chi connectivity index (χ2n) is 1.78. The van der Waals surface area contributed by atoms with Gasteiger partial charge in [0.1, 0.15) is 12.0 Å². The SMILES string of the molecule is Cc1ncnc(C=O)c1Br. The zero-order valence-electron chi connectivity index (χ0n) is 5.34. The lowest BCUT2D eigenvalue weighted by Gasteiger charge is -1.95. The fourth-order valence-electron chi connectivity index (χ4n) is 0.559. The van der Waals surface area contributed by atoms with Gasteiger partial charge in [0.25, 0.3) is 0 Å². The van der Waals surface area contributed by atoms with E-state index in [0.717, 1.165) is 5.69 Å². The molecule has 0 bridgehead atoms. The summed E-state index contributed by atoms with van der Waals surface area (Å²) in [6, 6.07) is 0. The number of hydrogen-bond acceptors (Lipinski definition) is 3. The first-order valence-corrected chi connectivity index (χ1v) is 3.47. The quantitative estimate of drug-likeness (QED) is 0.644. The minimum atomic E-state index is 0.396. The summed E-state index contributed by atoms with van der Waals surface area (Å²) in [6.45, 7) is 1.80. The van der Waals surface area contributed by atoms with Crippen molar-refractivity contribution in [2.45, 2.75) is 6.92 Å². The minimum absolute atomic E-state index is 0.396. The van der Waals surface area contributed by atoms with Crippen molar-refractivity contribution in [3.63, 3.8) is 0 Å². The van der Waals surface area contributed by atoms with Gasteiger partial charge in [-0.3, -0.25) is 4.79 Å². The Hall–Kier alpha value is -0.770. The second-order valence-corrected chi connectivity index (χ2v) is 2.57. The molecule has 0 aliphatic heterocycles. The number of carbonyl (C=O) groups excluding carboxylic acids is 1. The van der Waals surface area contributed by atoms with Crippen LogP contribution in [0.1, 0.15) is 16.2 Å². The molecular formula is C6H5BrN2O. The number of halogens is 1. The van der Waals surface area contributed by atoms with Crippen LogP contribution in [0, 0.1) is 6.92 Å². The molecule has 10 heavy (non-hydrogen) atoms. The summed E-state index contributed by atoms with van der Waals surface area (Å²) in [5, 5.41) is 0. The summed E-state index contributed by atoms with van der Waals surface area (Å²) >= 11 is 3.18. The Morgan fingerprint density at radius 3 is 2.80 bits per heavy atom. The summed E-state index contributed by atoms with van der Waals surface area (Å²) in [5.41, 5.74) is 1.17. The van der Waals surface area contributed by atoms with Crippen LogP contribution in [0.3, 0.4) is 0 Å². The minimum Gasteiger partial charge on any atom is -0.296 e.